The minimum atomic E-state index is 0.714. The lowest BCUT2D eigenvalue weighted by Crippen LogP contribution is -2.31. The van der Waals surface area contributed by atoms with E-state index >= 15 is 0 Å². The summed E-state index contributed by atoms with van der Waals surface area (Å²) in [4.78, 5) is 19.8. The summed E-state index contributed by atoms with van der Waals surface area (Å²) in [6, 6.07) is 5.85. The molecule has 1 aliphatic heterocycles. The second kappa shape index (κ2) is 6.63. The van der Waals surface area contributed by atoms with Gasteiger partial charge in [-0.25, -0.2) is 9.97 Å². The molecule has 0 atom stereocenters. The second-order valence-corrected chi connectivity index (χ2v) is 6.24. The van der Waals surface area contributed by atoms with Crippen LogP contribution in [0.4, 0.5) is 0 Å². The zero-order chi connectivity index (χ0) is 16.4. The molecule has 3 aromatic rings. The fourth-order valence-corrected chi connectivity index (χ4v) is 3.10. The summed E-state index contributed by atoms with van der Waals surface area (Å²) in [5, 5.41) is 0.714. The molecule has 4 heterocycles. The first-order valence-corrected chi connectivity index (χ1v) is 8.23. The monoisotopic (exact) mass is 337 g/mol. The Hall–Kier alpha value is -2.37. The number of aromatic nitrogens is 4. The van der Waals surface area contributed by atoms with Gasteiger partial charge in [-0.2, -0.15) is 0 Å². The van der Waals surface area contributed by atoms with Crippen LogP contribution in [0.25, 0.3) is 11.4 Å². The molecule has 0 saturated heterocycles. The summed E-state index contributed by atoms with van der Waals surface area (Å²) in [6.45, 7) is 2.60. The van der Waals surface area contributed by atoms with Crippen molar-refractivity contribution in [3.63, 3.8) is 0 Å². The van der Waals surface area contributed by atoms with Crippen molar-refractivity contribution in [3.8, 4) is 11.4 Å². The number of pyridine rings is 2. The van der Waals surface area contributed by atoms with Crippen LogP contribution < -0.4 is 0 Å². The van der Waals surface area contributed by atoms with E-state index in [0.717, 1.165) is 48.7 Å². The van der Waals surface area contributed by atoms with Gasteiger partial charge in [0.15, 0.2) is 5.82 Å². The first-order chi connectivity index (χ1) is 11.8. The second-order valence-electron chi connectivity index (χ2n) is 5.83. The molecule has 0 saturated carbocycles. The molecular formula is C18H16ClN5. The topological polar surface area (TPSA) is 54.8 Å². The molecule has 4 rings (SSSR count). The van der Waals surface area contributed by atoms with Gasteiger partial charge < -0.3 is 0 Å². The maximum Gasteiger partial charge on any atom is 0.160 e. The van der Waals surface area contributed by atoms with Gasteiger partial charge in [-0.1, -0.05) is 11.6 Å². The third-order valence-corrected chi connectivity index (χ3v) is 4.52. The Balaban J connectivity index is 1.53. The Morgan fingerprint density at radius 3 is 2.83 bits per heavy atom. The molecule has 3 aromatic heterocycles. The van der Waals surface area contributed by atoms with Crippen LogP contribution in [0.5, 0.6) is 0 Å². The molecule has 120 valence electrons. The van der Waals surface area contributed by atoms with Gasteiger partial charge in [0.05, 0.1) is 10.7 Å². The average molecular weight is 338 g/mol. The fraction of sp³-hybridized carbons (Fsp3) is 0.222. The van der Waals surface area contributed by atoms with Crippen LogP contribution in [0.15, 0.2) is 49.2 Å². The van der Waals surface area contributed by atoms with Crippen LogP contribution in [0.3, 0.4) is 0 Å². The van der Waals surface area contributed by atoms with Crippen molar-refractivity contribution in [2.24, 2.45) is 0 Å². The van der Waals surface area contributed by atoms with Crippen molar-refractivity contribution in [2.75, 3.05) is 6.54 Å². The van der Waals surface area contributed by atoms with E-state index < -0.39 is 0 Å². The van der Waals surface area contributed by atoms with Crippen LogP contribution in [0.2, 0.25) is 5.02 Å². The quantitative estimate of drug-likeness (QED) is 0.735. The van der Waals surface area contributed by atoms with Crippen LogP contribution in [-0.4, -0.2) is 31.4 Å². The SMILES string of the molecule is Clc1cnccc1CN1CCc2nc(-c3cccnc3)ncc2C1. The van der Waals surface area contributed by atoms with Crippen molar-refractivity contribution in [2.45, 2.75) is 19.5 Å². The van der Waals surface area contributed by atoms with Gasteiger partial charge in [0.25, 0.3) is 0 Å². The van der Waals surface area contributed by atoms with E-state index in [1.807, 2.05) is 24.4 Å². The molecule has 0 bridgehead atoms. The molecule has 0 unspecified atom stereocenters. The number of halogens is 1. The number of rotatable bonds is 3. The molecule has 0 N–H and O–H groups in total. The van der Waals surface area contributed by atoms with Gasteiger partial charge >= 0.3 is 0 Å². The smallest absolute Gasteiger partial charge is 0.160 e. The number of hydrogen-bond acceptors (Lipinski definition) is 5. The highest BCUT2D eigenvalue weighted by atomic mass is 35.5. The lowest BCUT2D eigenvalue weighted by Gasteiger charge is -2.28. The molecular weight excluding hydrogens is 322 g/mol. The highest BCUT2D eigenvalue weighted by Crippen LogP contribution is 2.23. The summed E-state index contributed by atoms with van der Waals surface area (Å²) in [6.07, 6.45) is 9.87. The van der Waals surface area contributed by atoms with Crippen molar-refractivity contribution in [1.29, 1.82) is 0 Å². The van der Waals surface area contributed by atoms with Gasteiger partial charge in [0.2, 0.25) is 0 Å². The Morgan fingerprint density at radius 2 is 2.00 bits per heavy atom. The Kier molecular flexibility index (Phi) is 4.19. The molecule has 1 aliphatic rings. The zero-order valence-corrected chi connectivity index (χ0v) is 13.8. The minimum Gasteiger partial charge on any atom is -0.294 e. The summed E-state index contributed by atoms with van der Waals surface area (Å²) in [7, 11) is 0. The number of nitrogens with zero attached hydrogens (tertiary/aromatic N) is 5. The highest BCUT2D eigenvalue weighted by molar-refractivity contribution is 6.31. The van der Waals surface area contributed by atoms with Crippen molar-refractivity contribution >= 4 is 11.6 Å². The molecule has 5 nitrogen and oxygen atoms in total. The Bertz CT molecular complexity index is 853. The first kappa shape index (κ1) is 15.2. The van der Waals surface area contributed by atoms with Gasteiger partial charge in [0, 0.05) is 68.2 Å². The van der Waals surface area contributed by atoms with Crippen LogP contribution in [0, 0.1) is 0 Å². The minimum absolute atomic E-state index is 0.714. The molecule has 24 heavy (non-hydrogen) atoms. The first-order valence-electron chi connectivity index (χ1n) is 7.85. The molecule has 0 aromatic carbocycles. The Morgan fingerprint density at radius 1 is 1.08 bits per heavy atom. The number of hydrogen-bond donors (Lipinski definition) is 0. The van der Waals surface area contributed by atoms with E-state index in [1.165, 1.54) is 5.56 Å². The lowest BCUT2D eigenvalue weighted by atomic mass is 10.1. The lowest BCUT2D eigenvalue weighted by molar-refractivity contribution is 0.243. The van der Waals surface area contributed by atoms with Crippen LogP contribution >= 0.6 is 11.6 Å². The van der Waals surface area contributed by atoms with Crippen LogP contribution in [-0.2, 0) is 19.5 Å². The van der Waals surface area contributed by atoms with Gasteiger partial charge in [0.1, 0.15) is 0 Å². The Labute approximate surface area is 145 Å². The third-order valence-electron chi connectivity index (χ3n) is 4.18. The van der Waals surface area contributed by atoms with Crippen molar-refractivity contribution < 1.29 is 0 Å². The van der Waals surface area contributed by atoms with Gasteiger partial charge in [-0.05, 0) is 23.8 Å². The molecule has 0 fully saturated rings. The predicted molar refractivity (Wildman–Crippen MR) is 92.3 cm³/mol. The molecule has 0 amide bonds. The molecule has 0 radical (unpaired) electrons. The maximum atomic E-state index is 6.21. The van der Waals surface area contributed by atoms with E-state index in [1.54, 1.807) is 24.8 Å². The standard InChI is InChI=1S/C18H16ClN5/c19-16-10-21-6-3-14(16)11-24-7-4-17-15(12-24)9-22-18(23-17)13-2-1-5-20-8-13/h1-3,5-6,8-10H,4,7,11-12H2. The summed E-state index contributed by atoms with van der Waals surface area (Å²) in [5.74, 6) is 0.743. The van der Waals surface area contributed by atoms with E-state index in [4.69, 9.17) is 16.6 Å². The van der Waals surface area contributed by atoms with E-state index in [9.17, 15) is 0 Å². The maximum absolute atomic E-state index is 6.21. The zero-order valence-electron chi connectivity index (χ0n) is 13.1. The fourth-order valence-electron chi connectivity index (χ4n) is 2.92. The highest BCUT2D eigenvalue weighted by Gasteiger charge is 2.19. The predicted octanol–water partition coefficient (Wildman–Crippen LogP) is 3.15. The normalized spacial score (nSPS) is 14.4. The third kappa shape index (κ3) is 3.13. The van der Waals surface area contributed by atoms with E-state index in [-0.39, 0.29) is 0 Å². The van der Waals surface area contributed by atoms with Gasteiger partial charge in [-0.15, -0.1) is 0 Å². The van der Waals surface area contributed by atoms with E-state index in [0.29, 0.717) is 5.02 Å². The molecule has 6 heteroatoms. The van der Waals surface area contributed by atoms with Crippen molar-refractivity contribution in [3.05, 3.63) is 71.0 Å². The van der Waals surface area contributed by atoms with Crippen molar-refractivity contribution in [1.82, 2.24) is 24.8 Å². The van der Waals surface area contributed by atoms with Crippen LogP contribution in [0.1, 0.15) is 16.8 Å². The molecule has 0 spiro atoms. The van der Waals surface area contributed by atoms with E-state index in [2.05, 4.69) is 19.9 Å². The summed E-state index contributed by atoms with van der Waals surface area (Å²) in [5.41, 5.74) is 4.36. The summed E-state index contributed by atoms with van der Waals surface area (Å²) < 4.78 is 0. The largest absolute Gasteiger partial charge is 0.294 e. The average Bonchev–Trinajstić information content (AvgIpc) is 2.64. The van der Waals surface area contributed by atoms with Gasteiger partial charge in [-0.3, -0.25) is 14.9 Å². The molecule has 0 aliphatic carbocycles. The summed E-state index contributed by atoms with van der Waals surface area (Å²) >= 11 is 6.21. The number of fused-ring (bicyclic) bond motifs is 1.